The molecule has 0 aliphatic carbocycles. The van der Waals surface area contributed by atoms with Crippen LogP contribution in [0.3, 0.4) is 0 Å². The molecule has 0 spiro atoms. The molecule has 10 heteroatoms. The minimum atomic E-state index is -0.550. The number of nitrogens with zero attached hydrogens (tertiary/aromatic N) is 3. The summed E-state index contributed by atoms with van der Waals surface area (Å²) in [6, 6.07) is 14.4. The lowest BCUT2D eigenvalue weighted by Gasteiger charge is -2.29. The van der Waals surface area contributed by atoms with Crippen LogP contribution in [-0.2, 0) is 11.3 Å². The third-order valence-corrected chi connectivity index (χ3v) is 5.32. The lowest BCUT2D eigenvalue weighted by Crippen LogP contribution is -2.37. The number of hydrogen-bond acceptors (Lipinski definition) is 8. The number of non-ortho nitro benzene ring substituents is 1. The standard InChI is InChI=1S/C24H24N4O6/c1-32-19-5-7-20(8-6-19)34-22-9-4-18(28(30)31)15-21(22)24(29)26-16-17-3-2-10-25-23(17)27-11-13-33-14-12-27/h2-10,15H,11-14,16H2,1H3,(H,26,29). The summed E-state index contributed by atoms with van der Waals surface area (Å²) in [5.74, 6) is 1.60. The molecule has 0 radical (unpaired) electrons. The molecule has 176 valence electrons. The second-order valence-electron chi connectivity index (χ2n) is 7.48. The van der Waals surface area contributed by atoms with Gasteiger partial charge in [-0.1, -0.05) is 6.07 Å². The molecule has 3 aromatic rings. The number of morpholine rings is 1. The van der Waals surface area contributed by atoms with Crippen molar-refractivity contribution in [2.75, 3.05) is 38.3 Å². The maximum absolute atomic E-state index is 13.1. The molecule has 1 saturated heterocycles. The number of methoxy groups -OCH3 is 1. The fourth-order valence-electron chi connectivity index (χ4n) is 3.57. The van der Waals surface area contributed by atoms with Crippen LogP contribution in [0, 0.1) is 10.1 Å². The number of pyridine rings is 1. The van der Waals surface area contributed by atoms with E-state index in [0.29, 0.717) is 37.8 Å². The van der Waals surface area contributed by atoms with Gasteiger partial charge in [-0.05, 0) is 36.4 Å². The average Bonchev–Trinajstić information content (AvgIpc) is 2.88. The number of carbonyl (C=O) groups excluding carboxylic acids is 1. The summed E-state index contributed by atoms with van der Waals surface area (Å²) in [7, 11) is 1.56. The summed E-state index contributed by atoms with van der Waals surface area (Å²) >= 11 is 0. The van der Waals surface area contributed by atoms with Crippen molar-refractivity contribution in [2.24, 2.45) is 0 Å². The Labute approximate surface area is 196 Å². The fraction of sp³-hybridized carbons (Fsp3) is 0.250. The van der Waals surface area contributed by atoms with Crippen LogP contribution in [0.2, 0.25) is 0 Å². The van der Waals surface area contributed by atoms with Crippen LogP contribution in [0.5, 0.6) is 17.2 Å². The molecule has 1 amide bonds. The lowest BCUT2D eigenvalue weighted by molar-refractivity contribution is -0.384. The number of ether oxygens (including phenoxy) is 3. The number of nitro groups is 1. The minimum Gasteiger partial charge on any atom is -0.497 e. The highest BCUT2D eigenvalue weighted by Gasteiger charge is 2.20. The van der Waals surface area contributed by atoms with E-state index < -0.39 is 10.8 Å². The quantitative estimate of drug-likeness (QED) is 0.397. The highest BCUT2D eigenvalue weighted by atomic mass is 16.6. The van der Waals surface area contributed by atoms with E-state index >= 15 is 0 Å². The second-order valence-corrected chi connectivity index (χ2v) is 7.48. The number of benzene rings is 2. The molecule has 10 nitrogen and oxygen atoms in total. The molecular weight excluding hydrogens is 440 g/mol. The third kappa shape index (κ3) is 5.41. The Bertz CT molecular complexity index is 1160. The summed E-state index contributed by atoms with van der Waals surface area (Å²) in [6.07, 6.45) is 1.71. The van der Waals surface area contributed by atoms with Crippen molar-refractivity contribution in [3.8, 4) is 17.2 Å². The molecule has 1 aromatic heterocycles. The normalized spacial score (nSPS) is 13.3. The molecule has 0 bridgehead atoms. The van der Waals surface area contributed by atoms with E-state index in [1.54, 1.807) is 43.6 Å². The summed E-state index contributed by atoms with van der Waals surface area (Å²) < 4.78 is 16.4. The van der Waals surface area contributed by atoms with Gasteiger partial charge in [0.25, 0.3) is 11.6 Å². The van der Waals surface area contributed by atoms with Crippen molar-refractivity contribution in [2.45, 2.75) is 6.54 Å². The topological polar surface area (TPSA) is 116 Å². The number of rotatable bonds is 8. The monoisotopic (exact) mass is 464 g/mol. The van der Waals surface area contributed by atoms with Gasteiger partial charge in [-0.15, -0.1) is 0 Å². The number of anilines is 1. The van der Waals surface area contributed by atoms with Gasteiger partial charge in [-0.2, -0.15) is 0 Å². The Hall–Kier alpha value is -4.18. The summed E-state index contributed by atoms with van der Waals surface area (Å²) in [5.41, 5.74) is 0.685. The zero-order valence-electron chi connectivity index (χ0n) is 18.6. The molecule has 1 N–H and O–H groups in total. The SMILES string of the molecule is COc1ccc(Oc2ccc([N+](=O)[O-])cc2C(=O)NCc2cccnc2N2CCOCC2)cc1. The number of hydrogen-bond donors (Lipinski definition) is 1. The van der Waals surface area contributed by atoms with E-state index in [4.69, 9.17) is 14.2 Å². The number of carbonyl (C=O) groups is 1. The molecule has 2 aromatic carbocycles. The van der Waals surface area contributed by atoms with Crippen molar-refractivity contribution < 1.29 is 23.9 Å². The zero-order chi connectivity index (χ0) is 23.9. The number of nitro benzene ring substituents is 1. The van der Waals surface area contributed by atoms with E-state index in [2.05, 4.69) is 15.2 Å². The van der Waals surface area contributed by atoms with Gasteiger partial charge < -0.3 is 24.4 Å². The molecule has 0 atom stereocenters. The predicted octanol–water partition coefficient (Wildman–Crippen LogP) is 3.56. The summed E-state index contributed by atoms with van der Waals surface area (Å²) in [4.78, 5) is 30.4. The van der Waals surface area contributed by atoms with Crippen LogP contribution in [-0.4, -0.2) is 49.2 Å². The lowest BCUT2D eigenvalue weighted by atomic mass is 10.1. The maximum Gasteiger partial charge on any atom is 0.270 e. The van der Waals surface area contributed by atoms with Crippen molar-refractivity contribution in [1.82, 2.24) is 10.3 Å². The molecule has 1 aliphatic heterocycles. The number of nitrogens with one attached hydrogen (secondary N) is 1. The number of aromatic nitrogens is 1. The van der Waals surface area contributed by atoms with Crippen LogP contribution >= 0.6 is 0 Å². The summed E-state index contributed by atoms with van der Waals surface area (Å²) in [5, 5.41) is 14.2. The third-order valence-electron chi connectivity index (χ3n) is 5.32. The molecule has 1 fully saturated rings. The van der Waals surface area contributed by atoms with Crippen molar-refractivity contribution in [3.05, 3.63) is 82.0 Å². The first-order chi connectivity index (χ1) is 16.5. The van der Waals surface area contributed by atoms with E-state index in [1.807, 2.05) is 6.07 Å². The Morgan fingerprint density at radius 3 is 2.59 bits per heavy atom. The van der Waals surface area contributed by atoms with Gasteiger partial charge in [0.05, 0.1) is 30.8 Å². The van der Waals surface area contributed by atoms with E-state index in [9.17, 15) is 14.9 Å². The van der Waals surface area contributed by atoms with Crippen LogP contribution < -0.4 is 19.7 Å². The first kappa shape index (κ1) is 23.0. The van der Waals surface area contributed by atoms with E-state index in [1.165, 1.54) is 18.2 Å². The Morgan fingerprint density at radius 2 is 1.88 bits per heavy atom. The van der Waals surface area contributed by atoms with Gasteiger partial charge in [-0.3, -0.25) is 14.9 Å². The zero-order valence-corrected chi connectivity index (χ0v) is 18.6. The maximum atomic E-state index is 13.1. The Balaban J connectivity index is 1.55. The fourth-order valence-corrected chi connectivity index (χ4v) is 3.57. The highest BCUT2D eigenvalue weighted by Crippen LogP contribution is 2.30. The highest BCUT2D eigenvalue weighted by molar-refractivity contribution is 5.97. The molecular formula is C24H24N4O6. The second kappa shape index (κ2) is 10.6. The van der Waals surface area contributed by atoms with E-state index in [0.717, 1.165) is 11.4 Å². The van der Waals surface area contributed by atoms with Gasteiger partial charge in [-0.25, -0.2) is 4.98 Å². The molecule has 0 saturated carbocycles. The van der Waals surface area contributed by atoms with Crippen molar-refractivity contribution in [3.63, 3.8) is 0 Å². The van der Waals surface area contributed by atoms with Gasteiger partial charge in [0.15, 0.2) is 0 Å². The van der Waals surface area contributed by atoms with Crippen LogP contribution in [0.15, 0.2) is 60.8 Å². The predicted molar refractivity (Wildman–Crippen MR) is 125 cm³/mol. The van der Waals surface area contributed by atoms with Gasteiger partial charge >= 0.3 is 0 Å². The average molecular weight is 464 g/mol. The van der Waals surface area contributed by atoms with Gasteiger partial charge in [0, 0.05) is 43.5 Å². The molecule has 2 heterocycles. The molecule has 34 heavy (non-hydrogen) atoms. The Morgan fingerprint density at radius 1 is 1.15 bits per heavy atom. The van der Waals surface area contributed by atoms with Gasteiger partial charge in [0.1, 0.15) is 23.1 Å². The van der Waals surface area contributed by atoms with Crippen LogP contribution in [0.1, 0.15) is 15.9 Å². The van der Waals surface area contributed by atoms with Crippen molar-refractivity contribution in [1.29, 1.82) is 0 Å². The first-order valence-electron chi connectivity index (χ1n) is 10.7. The van der Waals surface area contributed by atoms with E-state index in [-0.39, 0.29) is 23.5 Å². The molecule has 1 aliphatic rings. The smallest absolute Gasteiger partial charge is 0.270 e. The largest absolute Gasteiger partial charge is 0.497 e. The molecule has 0 unspecified atom stereocenters. The van der Waals surface area contributed by atoms with Crippen LogP contribution in [0.4, 0.5) is 11.5 Å². The Kier molecular flexibility index (Phi) is 7.19. The minimum absolute atomic E-state index is 0.0573. The molecule has 4 rings (SSSR count). The van der Waals surface area contributed by atoms with Gasteiger partial charge in [0.2, 0.25) is 0 Å². The van der Waals surface area contributed by atoms with Crippen LogP contribution in [0.25, 0.3) is 0 Å². The summed E-state index contributed by atoms with van der Waals surface area (Å²) in [6.45, 7) is 2.85. The van der Waals surface area contributed by atoms with Crippen molar-refractivity contribution >= 4 is 17.4 Å². The first-order valence-corrected chi connectivity index (χ1v) is 10.7. The number of amides is 1.